The lowest BCUT2D eigenvalue weighted by molar-refractivity contribution is -0.200. The van der Waals surface area contributed by atoms with Crippen LogP contribution in [0.15, 0.2) is 24.3 Å². The monoisotopic (exact) mass is 425 g/mol. The van der Waals surface area contributed by atoms with Crippen molar-refractivity contribution in [3.05, 3.63) is 35.4 Å². The number of rotatable bonds is 3. The minimum atomic E-state index is -5.20. The minimum absolute atomic E-state index is 0.0372. The lowest BCUT2D eigenvalue weighted by Crippen LogP contribution is -2.69. The molecular weight excluding hydrogens is 399 g/mol. The number of nitrogens with zero attached hydrogens (tertiary/aromatic N) is 1. The molecule has 1 unspecified atom stereocenters. The molecule has 0 aromatic heterocycles. The highest BCUT2D eigenvalue weighted by molar-refractivity contribution is 6.10. The number of urea groups is 1. The first-order chi connectivity index (χ1) is 13.9. The van der Waals surface area contributed by atoms with Gasteiger partial charge in [-0.1, -0.05) is 52.2 Å². The van der Waals surface area contributed by atoms with Crippen molar-refractivity contribution < 1.29 is 27.6 Å². The van der Waals surface area contributed by atoms with Gasteiger partial charge in [0.15, 0.2) is 0 Å². The Hall–Kier alpha value is -2.58. The van der Waals surface area contributed by atoms with Crippen LogP contribution >= 0.6 is 0 Å². The fourth-order valence-electron chi connectivity index (χ4n) is 3.93. The molecule has 2 aliphatic rings. The fourth-order valence-corrected chi connectivity index (χ4v) is 3.93. The van der Waals surface area contributed by atoms with Crippen LogP contribution in [0.4, 0.5) is 18.0 Å². The largest absolute Gasteiger partial charge is 0.440 e. The molecule has 2 fully saturated rings. The van der Waals surface area contributed by atoms with Crippen LogP contribution < -0.4 is 10.6 Å². The number of hydrogen-bond donors (Lipinski definition) is 2. The number of amides is 4. The summed E-state index contributed by atoms with van der Waals surface area (Å²) in [5, 5.41) is 3.49. The van der Waals surface area contributed by atoms with Gasteiger partial charge in [-0.3, -0.25) is 19.8 Å². The highest BCUT2D eigenvalue weighted by Crippen LogP contribution is 2.37. The van der Waals surface area contributed by atoms with Crippen molar-refractivity contribution in [3.8, 4) is 0 Å². The van der Waals surface area contributed by atoms with Gasteiger partial charge in [0.05, 0.1) is 0 Å². The van der Waals surface area contributed by atoms with Crippen molar-refractivity contribution in [2.24, 2.45) is 0 Å². The molecule has 6 nitrogen and oxygen atoms in total. The van der Waals surface area contributed by atoms with E-state index < -0.39 is 35.7 Å². The van der Waals surface area contributed by atoms with Crippen LogP contribution in [0.1, 0.15) is 68.8 Å². The van der Waals surface area contributed by atoms with E-state index in [2.05, 4.69) is 0 Å². The smallest absolute Gasteiger partial charge is 0.314 e. The third-order valence-electron chi connectivity index (χ3n) is 5.73. The van der Waals surface area contributed by atoms with Gasteiger partial charge in [0.2, 0.25) is 0 Å². The quantitative estimate of drug-likeness (QED) is 0.722. The number of alkyl halides is 3. The molecule has 1 aromatic rings. The molecule has 164 valence electrons. The van der Waals surface area contributed by atoms with Gasteiger partial charge >= 0.3 is 12.2 Å². The fraction of sp³-hybridized carbons (Fsp3) is 0.571. The average Bonchev–Trinajstić information content (AvgIpc) is 2.92. The van der Waals surface area contributed by atoms with Gasteiger partial charge < -0.3 is 5.32 Å². The van der Waals surface area contributed by atoms with E-state index in [1.165, 1.54) is 12.1 Å². The van der Waals surface area contributed by atoms with Gasteiger partial charge in [0.1, 0.15) is 0 Å². The van der Waals surface area contributed by atoms with Crippen LogP contribution in [0.5, 0.6) is 0 Å². The molecule has 0 radical (unpaired) electrons. The normalized spacial score (nSPS) is 23.5. The third kappa shape index (κ3) is 3.89. The van der Waals surface area contributed by atoms with Crippen molar-refractivity contribution >= 4 is 17.8 Å². The van der Waals surface area contributed by atoms with Crippen LogP contribution in [0.3, 0.4) is 0 Å². The SMILES string of the molecule is CC(C)(C)c1ccc(C(=O)NC2(C(F)(F)F)NC(=O)N(C3CCCCC3)C2=O)cc1. The van der Waals surface area contributed by atoms with Gasteiger partial charge in [-0.2, -0.15) is 13.2 Å². The predicted octanol–water partition coefficient (Wildman–Crippen LogP) is 3.86. The number of carbonyl (C=O) groups is 3. The van der Waals surface area contributed by atoms with Crippen molar-refractivity contribution in [1.29, 1.82) is 0 Å². The number of carbonyl (C=O) groups excluding carboxylic acids is 3. The molecular formula is C21H26F3N3O3. The second-order valence-corrected chi connectivity index (χ2v) is 8.93. The van der Waals surface area contributed by atoms with Gasteiger partial charge in [-0.25, -0.2) is 4.79 Å². The number of imide groups is 1. The first-order valence-electron chi connectivity index (χ1n) is 10.0. The Morgan fingerprint density at radius 2 is 1.63 bits per heavy atom. The number of hydrogen-bond acceptors (Lipinski definition) is 3. The summed E-state index contributed by atoms with van der Waals surface area (Å²) in [6, 6.07) is 4.38. The van der Waals surface area contributed by atoms with Crippen molar-refractivity contribution in [2.75, 3.05) is 0 Å². The molecule has 0 bridgehead atoms. The molecule has 1 saturated carbocycles. The summed E-state index contributed by atoms with van der Waals surface area (Å²) in [6.07, 6.45) is -1.93. The first-order valence-corrected chi connectivity index (χ1v) is 10.0. The molecule has 30 heavy (non-hydrogen) atoms. The summed E-state index contributed by atoms with van der Waals surface area (Å²) in [5.74, 6) is -2.57. The van der Waals surface area contributed by atoms with E-state index in [0.29, 0.717) is 17.7 Å². The number of halogens is 3. The minimum Gasteiger partial charge on any atom is -0.314 e. The van der Waals surface area contributed by atoms with Crippen LogP contribution in [0.25, 0.3) is 0 Å². The zero-order chi connectivity index (χ0) is 22.3. The Labute approximate surface area is 173 Å². The molecule has 1 heterocycles. The highest BCUT2D eigenvalue weighted by atomic mass is 19.4. The van der Waals surface area contributed by atoms with Crippen molar-refractivity contribution in [2.45, 2.75) is 76.2 Å². The Kier molecular flexibility index (Phi) is 5.60. The molecule has 2 N–H and O–H groups in total. The van der Waals surface area contributed by atoms with Crippen LogP contribution in [-0.2, 0) is 10.2 Å². The summed E-state index contributed by atoms with van der Waals surface area (Å²) in [6.45, 7) is 5.90. The lowest BCUT2D eigenvalue weighted by Gasteiger charge is -2.32. The summed E-state index contributed by atoms with van der Waals surface area (Å²) < 4.78 is 42.0. The first kappa shape index (κ1) is 22.1. The molecule has 3 rings (SSSR count). The van der Waals surface area contributed by atoms with Crippen LogP contribution in [0, 0.1) is 0 Å². The lowest BCUT2D eigenvalue weighted by atomic mass is 9.86. The second kappa shape index (κ2) is 7.59. The van der Waals surface area contributed by atoms with E-state index in [1.807, 2.05) is 20.8 Å². The third-order valence-corrected chi connectivity index (χ3v) is 5.73. The number of nitrogens with one attached hydrogen (secondary N) is 2. The summed E-state index contributed by atoms with van der Waals surface area (Å²) in [4.78, 5) is 38.5. The second-order valence-electron chi connectivity index (χ2n) is 8.93. The topological polar surface area (TPSA) is 78.5 Å². The average molecular weight is 425 g/mol. The molecule has 0 spiro atoms. The standard InChI is InChI=1S/C21H26F3N3O3/c1-19(2,3)14-11-9-13(10-12-14)16(28)25-20(21(22,23)24)17(29)27(18(30)26-20)15-7-5-4-6-8-15/h9-12,15H,4-8H2,1-3H3,(H,25,28)(H,26,30). The van der Waals surface area contributed by atoms with Gasteiger partial charge in [0, 0.05) is 11.6 Å². The van der Waals surface area contributed by atoms with Gasteiger partial charge in [-0.05, 0) is 36.0 Å². The molecule has 1 saturated heterocycles. The predicted molar refractivity (Wildman–Crippen MR) is 104 cm³/mol. The van der Waals surface area contributed by atoms with Gasteiger partial charge in [0.25, 0.3) is 17.5 Å². The molecule has 1 atom stereocenters. The Balaban J connectivity index is 1.88. The zero-order valence-corrected chi connectivity index (χ0v) is 17.2. The van der Waals surface area contributed by atoms with E-state index in [4.69, 9.17) is 0 Å². The van der Waals surface area contributed by atoms with E-state index in [1.54, 1.807) is 22.8 Å². The van der Waals surface area contributed by atoms with Gasteiger partial charge in [-0.15, -0.1) is 0 Å². The Morgan fingerprint density at radius 1 is 1.07 bits per heavy atom. The maximum absolute atomic E-state index is 14.0. The van der Waals surface area contributed by atoms with Crippen molar-refractivity contribution in [1.82, 2.24) is 15.5 Å². The van der Waals surface area contributed by atoms with E-state index in [9.17, 15) is 27.6 Å². The Bertz CT molecular complexity index is 840. The maximum Gasteiger partial charge on any atom is 0.440 e. The summed E-state index contributed by atoms with van der Waals surface area (Å²) >= 11 is 0. The highest BCUT2D eigenvalue weighted by Gasteiger charge is 2.69. The number of benzene rings is 1. The van der Waals surface area contributed by atoms with Crippen LogP contribution in [-0.4, -0.2) is 40.6 Å². The van der Waals surface area contributed by atoms with E-state index in [-0.39, 0.29) is 11.0 Å². The van der Waals surface area contributed by atoms with E-state index >= 15 is 0 Å². The molecule has 4 amide bonds. The molecule has 9 heteroatoms. The zero-order valence-electron chi connectivity index (χ0n) is 17.2. The van der Waals surface area contributed by atoms with Crippen LogP contribution in [0.2, 0.25) is 0 Å². The van der Waals surface area contributed by atoms with Crippen molar-refractivity contribution in [3.63, 3.8) is 0 Å². The summed E-state index contributed by atoms with van der Waals surface area (Å²) in [5.41, 5.74) is -2.80. The molecule has 1 aromatic carbocycles. The Morgan fingerprint density at radius 3 is 2.13 bits per heavy atom. The van der Waals surface area contributed by atoms with E-state index in [0.717, 1.165) is 24.8 Å². The molecule has 1 aliphatic carbocycles. The maximum atomic E-state index is 14.0. The molecule has 1 aliphatic heterocycles. The summed E-state index contributed by atoms with van der Waals surface area (Å²) in [7, 11) is 0.